The topological polar surface area (TPSA) is 371 Å². The van der Waals surface area contributed by atoms with Crippen LogP contribution in [0.2, 0.25) is 0 Å². The van der Waals surface area contributed by atoms with Crippen molar-refractivity contribution < 1.29 is 65.9 Å². The average Bonchev–Trinajstić information content (AvgIpc) is 1.25. The summed E-state index contributed by atoms with van der Waals surface area (Å²) in [5.41, 5.74) is 12.0. The van der Waals surface area contributed by atoms with Crippen LogP contribution in [0.4, 0.5) is 0 Å². The number of thiophene rings is 5. The lowest BCUT2D eigenvalue weighted by Gasteiger charge is -2.36. The van der Waals surface area contributed by atoms with Crippen LogP contribution in [0.1, 0.15) is 162 Å². The number of nitrogens with one attached hydrogen (secondary N) is 2. The molecule has 1 aliphatic rings. The number of pyridine rings is 7. The maximum absolute atomic E-state index is 13.1. The zero-order valence-electron chi connectivity index (χ0n) is 68.9. The Balaban J connectivity index is 0.000000206. The van der Waals surface area contributed by atoms with E-state index in [1.54, 1.807) is 102 Å². The SMILES string of the molecule is CC(C)(C)S(=O)N=C(c1ccsc1)c1cccc(Br)n1.COC(=O)CC(=O)CC(N)(c1ccsc1)c1cccc(Br)n1.COC(=O)CC(=O)CC(NS(=O)C(C)(C)C)(c1ccsc1)c1cccc(Br)n1.CON(C)C(=O)c1cccc(Br)n1.O=C(c1ccsc1)c1cccc(Br)n1.O=C1CC(=O)NC(c2ccsc2)(c2cccc(Br)n2)C1.O=Cc1cccc(Br)n1. The van der Waals surface area contributed by atoms with E-state index in [0.717, 1.165) is 37.6 Å². The van der Waals surface area contributed by atoms with Crippen LogP contribution in [0.25, 0.3) is 0 Å². The maximum atomic E-state index is 13.1. The van der Waals surface area contributed by atoms with Gasteiger partial charge in [-0.3, -0.25) is 48.0 Å². The van der Waals surface area contributed by atoms with Crippen LogP contribution in [0.5, 0.6) is 0 Å². The van der Waals surface area contributed by atoms with E-state index < -0.39 is 60.0 Å². The first-order chi connectivity index (χ1) is 59.8. The number of nitrogens with two attached hydrogens (primary N) is 1. The van der Waals surface area contributed by atoms with E-state index in [-0.39, 0.29) is 73.5 Å². The van der Waals surface area contributed by atoms with Gasteiger partial charge in [0.05, 0.1) is 76.5 Å². The molecule has 12 aromatic rings. The molecule has 2 amide bonds. The largest absolute Gasteiger partial charge is 0.469 e. The molecule has 0 radical (unpaired) electrons. The number of hydrogen-bond donors (Lipinski definition) is 3. The number of ether oxygens (including phenoxy) is 2. The van der Waals surface area contributed by atoms with E-state index in [4.69, 9.17) is 10.6 Å². The molecule has 1 aliphatic heterocycles. The summed E-state index contributed by atoms with van der Waals surface area (Å²) in [6.07, 6.45) is 0.115. The summed E-state index contributed by atoms with van der Waals surface area (Å²) in [4.78, 5) is 139. The van der Waals surface area contributed by atoms with Gasteiger partial charge in [-0.1, -0.05) is 42.5 Å². The van der Waals surface area contributed by atoms with Crippen LogP contribution < -0.4 is 15.8 Å². The molecule has 126 heavy (non-hydrogen) atoms. The minimum absolute atomic E-state index is 0.0255. The number of Topliss-reactive ketones (excluding diaryl/α,β-unsaturated/α-hetero) is 3. The lowest BCUT2D eigenvalue weighted by molar-refractivity contribution is -0.145. The van der Waals surface area contributed by atoms with Crippen LogP contribution >= 0.6 is 168 Å². The number of aldehydes is 1. The van der Waals surface area contributed by atoms with Gasteiger partial charge in [-0.2, -0.15) is 61.1 Å². The van der Waals surface area contributed by atoms with E-state index in [1.165, 1.54) is 73.7 Å². The molecule has 1 saturated heterocycles. The van der Waals surface area contributed by atoms with E-state index >= 15 is 0 Å². The fraction of sp³-hybridized carbons (Fsp3) is 0.244. The molecule has 12 aromatic heterocycles. The minimum Gasteiger partial charge on any atom is -0.469 e. The second-order valence-electron chi connectivity index (χ2n) is 28.4. The summed E-state index contributed by atoms with van der Waals surface area (Å²) in [7, 11) is 2.63. The Bertz CT molecular complexity index is 5740. The quantitative estimate of drug-likeness (QED) is 0.00962. The Kier molecular flexibility index (Phi) is 42.4. The normalized spacial score (nSPS) is 14.3. The molecule has 1 fully saturated rings. The molecule has 13 rings (SSSR count). The standard InChI is InChI=1S/C19H23BrN2O4S2.C15H15BrN2O3S.C14H11BrN2O2S.C14H15BrN2OS2.C10H6BrNOS.C8H9BrN2O2.C6H4BrNO/c1-18(2,3)28(25)22-19(13-8-9-27-12-13,11-14(23)10-17(24)26-4)15-6-5-7-16(20)21-15;1-21-14(20)7-11(19)8-15(17,10-5-6-22-9-10)12-3-2-4-13(16)18-12;15-12-3-1-2-11(16-12)14(9-4-5-20-8-9)7-10(18)6-13(19)17-14;1-14(2,3)20(18)17-13(10-7-8-19-9-10)11-5-4-6-12(15)16-11;11-9-3-1-2-8(12-9)10(13)7-4-5-14-6-7;1-11(13-2)8(12)6-4-3-5-7(9)10-6;7-6-3-1-2-5(4-9)8-6/h5-9,12,22H,10-11H2,1-4H3;2-6,9H,7-8,17H2,1H3;1-5,8H,6-7H2,(H,17,19);4-9H,1-3H3;1-6H;3-5H,1-2H3;1-4H. The summed E-state index contributed by atoms with van der Waals surface area (Å²) in [6.45, 7) is 11.3. The number of rotatable bonds is 24. The molecule has 662 valence electrons. The fourth-order valence-corrected chi connectivity index (χ4v) is 18.4. The van der Waals surface area contributed by atoms with Gasteiger partial charge in [0.2, 0.25) is 11.7 Å². The van der Waals surface area contributed by atoms with Gasteiger partial charge in [-0.05, 0) is 328 Å². The van der Waals surface area contributed by atoms with Gasteiger partial charge in [0.15, 0.2) is 6.29 Å². The van der Waals surface area contributed by atoms with Crippen molar-refractivity contribution >= 4 is 249 Å². The first-order valence-corrected chi connectivity index (χ1v) is 49.6. The number of piperidine rings is 1. The number of halogens is 7. The fourth-order valence-electron chi connectivity index (χ4n) is 10.9. The van der Waals surface area contributed by atoms with Crippen molar-refractivity contribution in [2.75, 3.05) is 28.4 Å². The first kappa shape index (κ1) is 105. The summed E-state index contributed by atoms with van der Waals surface area (Å²) in [5.74, 6) is -2.43. The average molecular weight is 2290 g/mol. The van der Waals surface area contributed by atoms with E-state index in [9.17, 15) is 51.6 Å². The van der Waals surface area contributed by atoms with Crippen molar-refractivity contribution in [3.63, 3.8) is 0 Å². The lowest BCUT2D eigenvalue weighted by atomic mass is 9.80. The Morgan fingerprint density at radius 3 is 1.45 bits per heavy atom. The van der Waals surface area contributed by atoms with Gasteiger partial charge in [0, 0.05) is 48.2 Å². The number of nitrogens with zero attached hydrogens (tertiary/aromatic N) is 9. The zero-order chi connectivity index (χ0) is 92.5. The summed E-state index contributed by atoms with van der Waals surface area (Å²) >= 11 is 30.5. The van der Waals surface area contributed by atoms with Gasteiger partial charge in [0.25, 0.3) is 5.91 Å². The summed E-state index contributed by atoms with van der Waals surface area (Å²) in [5, 5.41) is 23.2. The number of methoxy groups -OCH3 is 2. The second kappa shape index (κ2) is 50.8. The molecular formula is C86H83Br7N12O14S7. The molecule has 5 unspecified atom stereocenters. The highest BCUT2D eigenvalue weighted by atomic mass is 79.9. The van der Waals surface area contributed by atoms with Crippen molar-refractivity contribution in [2.45, 2.75) is 106 Å². The Morgan fingerprint density at radius 2 is 0.984 bits per heavy atom. The molecule has 40 heteroatoms. The smallest absolute Gasteiger partial charge is 0.313 e. The molecule has 0 aliphatic carbocycles. The molecule has 0 aromatic carbocycles. The first-order valence-electron chi connectivity index (χ1n) is 37.1. The minimum atomic E-state index is -1.50. The monoisotopic (exact) mass is 2280 g/mol. The highest BCUT2D eigenvalue weighted by molar-refractivity contribution is 9.11. The van der Waals surface area contributed by atoms with E-state index in [2.05, 4.69) is 170 Å². The summed E-state index contributed by atoms with van der Waals surface area (Å²) < 4.78 is 45.8. The predicted octanol–water partition coefficient (Wildman–Crippen LogP) is 19.5. The molecule has 13 heterocycles. The number of hydrogen-bond acceptors (Lipinski definition) is 27. The Hall–Kier alpha value is -8.01. The third-order valence-electron chi connectivity index (χ3n) is 17.1. The van der Waals surface area contributed by atoms with Crippen LogP contribution in [0.3, 0.4) is 0 Å². The van der Waals surface area contributed by atoms with Crippen molar-refractivity contribution in [2.24, 2.45) is 10.1 Å². The molecule has 0 spiro atoms. The Labute approximate surface area is 812 Å². The number of carbonyl (C=O) groups excluding carboxylic acids is 9. The lowest BCUT2D eigenvalue weighted by Crippen LogP contribution is -2.53. The third-order valence-corrected chi connectivity index (χ3v) is 26.7. The van der Waals surface area contributed by atoms with Gasteiger partial charge in [-0.25, -0.2) is 53.1 Å². The second-order valence-corrected chi connectivity index (χ2v) is 41.9. The third kappa shape index (κ3) is 32.3. The Morgan fingerprint density at radius 1 is 0.532 bits per heavy atom. The number of esters is 2. The molecule has 5 atom stereocenters. The van der Waals surface area contributed by atoms with Crippen molar-refractivity contribution in [1.29, 1.82) is 0 Å². The summed E-state index contributed by atoms with van der Waals surface area (Å²) in [6, 6.07) is 46.9. The predicted molar refractivity (Wildman–Crippen MR) is 519 cm³/mol. The highest BCUT2D eigenvalue weighted by Gasteiger charge is 2.45. The molecular weight excluding hydrogens is 2210 g/mol. The molecule has 0 bridgehead atoms. The highest BCUT2D eigenvalue weighted by Crippen LogP contribution is 2.39. The van der Waals surface area contributed by atoms with Crippen molar-refractivity contribution in [3.05, 3.63) is 311 Å². The maximum Gasteiger partial charge on any atom is 0.313 e. The number of ketones is 4. The zero-order valence-corrected chi connectivity index (χ0v) is 85.7. The van der Waals surface area contributed by atoms with Gasteiger partial charge < -0.3 is 20.5 Å². The van der Waals surface area contributed by atoms with Crippen molar-refractivity contribution in [3.8, 4) is 0 Å². The molecule has 26 nitrogen and oxygen atoms in total. The van der Waals surface area contributed by atoms with E-state index in [1.807, 2.05) is 162 Å². The van der Waals surface area contributed by atoms with Gasteiger partial charge in [-0.15, -0.1) is 0 Å². The van der Waals surface area contributed by atoms with Crippen LogP contribution in [0, 0.1) is 0 Å². The molecule has 4 N–H and O–H groups in total. The number of hydroxylamine groups is 2. The van der Waals surface area contributed by atoms with Crippen LogP contribution in [-0.2, 0) is 81.7 Å². The van der Waals surface area contributed by atoms with Crippen LogP contribution in [-0.4, -0.2) is 145 Å². The van der Waals surface area contributed by atoms with Crippen molar-refractivity contribution in [1.82, 2.24) is 50.0 Å². The van der Waals surface area contributed by atoms with Gasteiger partial charge in [0.1, 0.15) is 107 Å². The number of aromatic nitrogens is 7. The number of amides is 2. The van der Waals surface area contributed by atoms with Gasteiger partial charge >= 0.3 is 11.9 Å². The van der Waals surface area contributed by atoms with Crippen LogP contribution in [0.15, 0.2) is 248 Å². The van der Waals surface area contributed by atoms with E-state index in [0.29, 0.717) is 79.3 Å². The molecule has 0 saturated carbocycles. The number of carbonyl (C=O) groups is 9.